The zero-order valence-electron chi connectivity index (χ0n) is 9.20. The lowest BCUT2D eigenvalue weighted by Crippen LogP contribution is -2.53. The Hall–Kier alpha value is 0.230. The summed E-state index contributed by atoms with van der Waals surface area (Å²) in [5, 5.41) is 3.25. The molecule has 0 bridgehead atoms. The molecule has 2 atom stereocenters. The van der Waals surface area contributed by atoms with E-state index in [-0.39, 0.29) is 0 Å². The molecule has 2 unspecified atom stereocenters. The van der Waals surface area contributed by atoms with Gasteiger partial charge in [-0.05, 0) is 13.5 Å². The van der Waals surface area contributed by atoms with E-state index in [1.165, 1.54) is 38.4 Å². The first-order valence-electron chi connectivity index (χ1n) is 5.55. The summed E-state index contributed by atoms with van der Waals surface area (Å²) < 4.78 is 0. The average molecular weight is 215 g/mol. The molecule has 2 aliphatic rings. The Kier molecular flexibility index (Phi) is 3.71. The Morgan fingerprint density at radius 2 is 1.93 bits per heavy atom. The molecule has 0 spiro atoms. The molecule has 0 saturated carbocycles. The van der Waals surface area contributed by atoms with Gasteiger partial charge in [0.2, 0.25) is 0 Å². The smallest absolute Gasteiger partial charge is 0.0316 e. The van der Waals surface area contributed by atoms with Crippen LogP contribution in [0.5, 0.6) is 0 Å². The molecule has 14 heavy (non-hydrogen) atoms. The summed E-state index contributed by atoms with van der Waals surface area (Å²) in [5.41, 5.74) is 3.65. The molecule has 2 heterocycles. The molecule has 82 valence electrons. The SMILES string of the molecule is CC1CC(NN2CCN(C)CC2)CS1. The molecule has 2 aliphatic heterocycles. The maximum atomic E-state index is 3.65. The molecule has 0 aromatic heterocycles. The van der Waals surface area contributed by atoms with E-state index < -0.39 is 0 Å². The quantitative estimate of drug-likeness (QED) is 0.728. The van der Waals surface area contributed by atoms with Gasteiger partial charge in [-0.25, -0.2) is 5.01 Å². The van der Waals surface area contributed by atoms with Gasteiger partial charge in [-0.3, -0.25) is 5.43 Å². The summed E-state index contributed by atoms with van der Waals surface area (Å²) in [6.07, 6.45) is 1.33. The van der Waals surface area contributed by atoms with Gasteiger partial charge in [0.25, 0.3) is 0 Å². The van der Waals surface area contributed by atoms with Crippen LogP contribution < -0.4 is 5.43 Å². The second-order valence-corrected chi connectivity index (χ2v) is 5.97. The molecule has 0 aromatic carbocycles. The Morgan fingerprint density at radius 1 is 1.21 bits per heavy atom. The highest BCUT2D eigenvalue weighted by atomic mass is 32.2. The Morgan fingerprint density at radius 3 is 2.50 bits per heavy atom. The van der Waals surface area contributed by atoms with Crippen LogP contribution in [0.2, 0.25) is 0 Å². The van der Waals surface area contributed by atoms with Crippen LogP contribution in [0.1, 0.15) is 13.3 Å². The predicted molar refractivity (Wildman–Crippen MR) is 62.5 cm³/mol. The first-order chi connectivity index (χ1) is 6.74. The summed E-state index contributed by atoms with van der Waals surface area (Å²) in [7, 11) is 2.20. The van der Waals surface area contributed by atoms with Crippen LogP contribution in [0.25, 0.3) is 0 Å². The Balaban J connectivity index is 1.70. The van der Waals surface area contributed by atoms with Crippen LogP contribution >= 0.6 is 11.8 Å². The standard InChI is InChI=1S/C10H21N3S/c1-9-7-10(8-14-9)11-13-5-3-12(2)4-6-13/h9-11H,3-8H2,1-2H3. The minimum absolute atomic E-state index is 0.721. The van der Waals surface area contributed by atoms with E-state index in [9.17, 15) is 0 Å². The lowest BCUT2D eigenvalue weighted by molar-refractivity contribution is 0.0904. The minimum atomic E-state index is 0.721. The average Bonchev–Trinajstić information content (AvgIpc) is 2.56. The molecule has 0 radical (unpaired) electrons. The lowest BCUT2D eigenvalue weighted by Gasteiger charge is -2.34. The van der Waals surface area contributed by atoms with Crippen molar-refractivity contribution in [1.29, 1.82) is 0 Å². The van der Waals surface area contributed by atoms with Gasteiger partial charge in [0, 0.05) is 43.2 Å². The van der Waals surface area contributed by atoms with Crippen LogP contribution in [-0.4, -0.2) is 60.2 Å². The fourth-order valence-electron chi connectivity index (χ4n) is 2.10. The monoisotopic (exact) mass is 215 g/mol. The molecule has 3 nitrogen and oxygen atoms in total. The van der Waals surface area contributed by atoms with Crippen LogP contribution in [0, 0.1) is 0 Å². The fraction of sp³-hybridized carbons (Fsp3) is 1.00. The minimum Gasteiger partial charge on any atom is -0.304 e. The largest absolute Gasteiger partial charge is 0.304 e. The number of nitrogens with zero attached hydrogens (tertiary/aromatic N) is 2. The van der Waals surface area contributed by atoms with Gasteiger partial charge >= 0.3 is 0 Å². The van der Waals surface area contributed by atoms with Crippen LogP contribution in [-0.2, 0) is 0 Å². The fourth-order valence-corrected chi connectivity index (χ4v) is 3.24. The van der Waals surface area contributed by atoms with Crippen molar-refractivity contribution in [2.24, 2.45) is 0 Å². The maximum Gasteiger partial charge on any atom is 0.0316 e. The normalized spacial score (nSPS) is 36.4. The summed E-state index contributed by atoms with van der Waals surface area (Å²) in [6, 6.07) is 0.721. The van der Waals surface area contributed by atoms with Crippen molar-refractivity contribution < 1.29 is 0 Å². The molecule has 2 fully saturated rings. The van der Waals surface area contributed by atoms with Gasteiger partial charge in [-0.2, -0.15) is 11.8 Å². The number of hydrogen-bond donors (Lipinski definition) is 1. The molecular formula is C10H21N3S. The molecular weight excluding hydrogens is 194 g/mol. The second-order valence-electron chi connectivity index (χ2n) is 4.50. The molecule has 0 aliphatic carbocycles. The molecule has 0 amide bonds. The number of piperazine rings is 1. The highest BCUT2D eigenvalue weighted by Crippen LogP contribution is 2.26. The van der Waals surface area contributed by atoms with Crippen molar-refractivity contribution >= 4 is 11.8 Å². The third kappa shape index (κ3) is 2.86. The van der Waals surface area contributed by atoms with Crippen LogP contribution in [0.3, 0.4) is 0 Å². The third-order valence-electron chi connectivity index (χ3n) is 3.07. The Labute approximate surface area is 91.2 Å². The number of likely N-dealkylation sites (N-methyl/N-ethyl adjacent to an activating group) is 1. The number of hydrazine groups is 1. The van der Waals surface area contributed by atoms with E-state index in [1.807, 2.05) is 0 Å². The maximum absolute atomic E-state index is 3.65. The highest BCUT2D eigenvalue weighted by Gasteiger charge is 2.24. The summed E-state index contributed by atoms with van der Waals surface area (Å²) in [4.78, 5) is 2.39. The first-order valence-corrected chi connectivity index (χ1v) is 6.60. The van der Waals surface area contributed by atoms with E-state index in [0.717, 1.165) is 11.3 Å². The van der Waals surface area contributed by atoms with E-state index in [2.05, 4.69) is 41.1 Å². The van der Waals surface area contributed by atoms with Gasteiger partial charge in [-0.15, -0.1) is 0 Å². The molecule has 1 N–H and O–H groups in total. The number of hydrogen-bond acceptors (Lipinski definition) is 4. The highest BCUT2D eigenvalue weighted by molar-refractivity contribution is 8.00. The first kappa shape index (κ1) is 10.7. The molecule has 4 heteroatoms. The molecule has 2 rings (SSSR count). The van der Waals surface area contributed by atoms with Crippen molar-refractivity contribution in [2.75, 3.05) is 39.0 Å². The third-order valence-corrected chi connectivity index (χ3v) is 4.42. The van der Waals surface area contributed by atoms with Crippen molar-refractivity contribution in [3.8, 4) is 0 Å². The van der Waals surface area contributed by atoms with Crippen LogP contribution in [0.15, 0.2) is 0 Å². The lowest BCUT2D eigenvalue weighted by atomic mass is 10.2. The van der Waals surface area contributed by atoms with Crippen molar-refractivity contribution in [3.63, 3.8) is 0 Å². The van der Waals surface area contributed by atoms with Crippen LogP contribution in [0.4, 0.5) is 0 Å². The van der Waals surface area contributed by atoms with Crippen molar-refractivity contribution in [2.45, 2.75) is 24.6 Å². The molecule has 0 aromatic rings. The van der Waals surface area contributed by atoms with Gasteiger partial charge in [0.15, 0.2) is 0 Å². The number of thioether (sulfide) groups is 1. The zero-order chi connectivity index (χ0) is 9.97. The van der Waals surface area contributed by atoms with E-state index >= 15 is 0 Å². The van der Waals surface area contributed by atoms with Crippen molar-refractivity contribution in [1.82, 2.24) is 15.3 Å². The summed E-state index contributed by atoms with van der Waals surface area (Å²) in [6.45, 7) is 7.07. The van der Waals surface area contributed by atoms with E-state index in [4.69, 9.17) is 0 Å². The van der Waals surface area contributed by atoms with Gasteiger partial charge in [-0.1, -0.05) is 6.92 Å². The van der Waals surface area contributed by atoms with Crippen molar-refractivity contribution in [3.05, 3.63) is 0 Å². The number of nitrogens with one attached hydrogen (secondary N) is 1. The van der Waals surface area contributed by atoms with Gasteiger partial charge < -0.3 is 4.90 Å². The van der Waals surface area contributed by atoms with Gasteiger partial charge in [0.05, 0.1) is 0 Å². The summed E-state index contributed by atoms with van der Waals surface area (Å²) >= 11 is 2.09. The second kappa shape index (κ2) is 4.84. The number of rotatable bonds is 2. The Bertz CT molecular complexity index is 180. The predicted octanol–water partition coefficient (Wildman–Crippen LogP) is 0.632. The van der Waals surface area contributed by atoms with E-state index in [1.54, 1.807) is 0 Å². The summed E-state index contributed by atoms with van der Waals surface area (Å²) in [5.74, 6) is 1.29. The van der Waals surface area contributed by atoms with E-state index in [0.29, 0.717) is 0 Å². The van der Waals surface area contributed by atoms with Gasteiger partial charge in [0.1, 0.15) is 0 Å². The molecule has 2 saturated heterocycles. The zero-order valence-corrected chi connectivity index (χ0v) is 10.0. The topological polar surface area (TPSA) is 18.5 Å².